The summed E-state index contributed by atoms with van der Waals surface area (Å²) < 4.78 is 12.8. The maximum absolute atomic E-state index is 10.9. The van der Waals surface area contributed by atoms with Gasteiger partial charge >= 0.3 is 0 Å². The van der Waals surface area contributed by atoms with Crippen LogP contribution in [0.4, 0.5) is 0 Å². The summed E-state index contributed by atoms with van der Waals surface area (Å²) in [5.41, 5.74) is 2.94. The fourth-order valence-electron chi connectivity index (χ4n) is 2.18. The van der Waals surface area contributed by atoms with Crippen LogP contribution in [-0.2, 0) is 7.05 Å². The summed E-state index contributed by atoms with van der Waals surface area (Å²) in [5.74, 6) is 0.700. The van der Waals surface area contributed by atoms with E-state index >= 15 is 0 Å². The number of ether oxygens (including phenoxy) is 1. The Bertz CT molecular complexity index is 721. The first kappa shape index (κ1) is 9.96. The number of fused-ring (bicyclic) bond motifs is 3. The summed E-state index contributed by atoms with van der Waals surface area (Å²) in [6.07, 6.45) is 0.821. The Labute approximate surface area is 97.4 Å². The molecule has 2 aromatic heterocycles. The number of benzene rings is 1. The minimum atomic E-state index is 0.600. The average molecular weight is 229 g/mol. The first-order chi connectivity index (χ1) is 8.26. The van der Waals surface area contributed by atoms with Gasteiger partial charge in [-0.25, -0.2) is 0 Å². The Kier molecular flexibility index (Phi) is 1.98. The van der Waals surface area contributed by atoms with Crippen molar-refractivity contribution < 1.29 is 13.9 Å². The standard InChI is InChI=1S/C13H11NO3/c1-14-8(7-15)6-11-12(14)9-4-3-5-10(16-2)13(9)17-11/h3-7H,1-2H3. The van der Waals surface area contributed by atoms with Gasteiger partial charge in [-0.15, -0.1) is 0 Å². The third-order valence-corrected chi connectivity index (χ3v) is 3.02. The van der Waals surface area contributed by atoms with Gasteiger partial charge in [0.15, 0.2) is 23.2 Å². The van der Waals surface area contributed by atoms with E-state index in [-0.39, 0.29) is 0 Å². The summed E-state index contributed by atoms with van der Waals surface area (Å²) in [6, 6.07) is 7.45. The van der Waals surface area contributed by atoms with E-state index in [4.69, 9.17) is 9.15 Å². The van der Waals surface area contributed by atoms with Crippen LogP contribution in [0.25, 0.3) is 22.1 Å². The van der Waals surface area contributed by atoms with Crippen molar-refractivity contribution in [3.63, 3.8) is 0 Å². The molecule has 0 saturated carbocycles. The van der Waals surface area contributed by atoms with E-state index in [2.05, 4.69) is 0 Å². The largest absolute Gasteiger partial charge is 0.493 e. The lowest BCUT2D eigenvalue weighted by molar-refractivity contribution is 0.111. The second kappa shape index (κ2) is 3.38. The van der Waals surface area contributed by atoms with E-state index in [1.165, 1.54) is 0 Å². The highest BCUT2D eigenvalue weighted by molar-refractivity contribution is 6.06. The second-order valence-corrected chi connectivity index (χ2v) is 3.90. The van der Waals surface area contributed by atoms with Crippen LogP contribution < -0.4 is 4.74 Å². The van der Waals surface area contributed by atoms with E-state index in [1.54, 1.807) is 13.2 Å². The van der Waals surface area contributed by atoms with E-state index in [1.807, 2.05) is 29.8 Å². The third-order valence-electron chi connectivity index (χ3n) is 3.02. The van der Waals surface area contributed by atoms with E-state index in [9.17, 15) is 4.79 Å². The predicted molar refractivity (Wildman–Crippen MR) is 64.6 cm³/mol. The van der Waals surface area contributed by atoms with Gasteiger partial charge in [-0.05, 0) is 12.1 Å². The number of aromatic nitrogens is 1. The van der Waals surface area contributed by atoms with Crippen LogP contribution in [0.1, 0.15) is 10.5 Å². The van der Waals surface area contributed by atoms with Crippen molar-refractivity contribution in [3.05, 3.63) is 30.0 Å². The normalized spacial score (nSPS) is 11.2. The van der Waals surface area contributed by atoms with Gasteiger partial charge in [0, 0.05) is 18.5 Å². The molecule has 17 heavy (non-hydrogen) atoms. The molecule has 0 saturated heterocycles. The maximum Gasteiger partial charge on any atom is 0.178 e. The van der Waals surface area contributed by atoms with Crippen LogP contribution >= 0.6 is 0 Å². The van der Waals surface area contributed by atoms with E-state index < -0.39 is 0 Å². The van der Waals surface area contributed by atoms with Gasteiger partial charge in [0.25, 0.3) is 0 Å². The molecule has 4 heteroatoms. The molecule has 0 radical (unpaired) electrons. The number of para-hydroxylation sites is 1. The van der Waals surface area contributed by atoms with Gasteiger partial charge in [0.2, 0.25) is 0 Å². The molecule has 3 aromatic rings. The predicted octanol–water partition coefficient (Wildman–Crippen LogP) is 2.75. The summed E-state index contributed by atoms with van der Waals surface area (Å²) in [6.45, 7) is 0. The molecule has 0 unspecified atom stereocenters. The first-order valence-corrected chi connectivity index (χ1v) is 5.26. The van der Waals surface area contributed by atoms with Gasteiger partial charge in [-0.2, -0.15) is 0 Å². The summed E-state index contributed by atoms with van der Waals surface area (Å²) >= 11 is 0. The molecule has 0 bridgehead atoms. The number of carbonyl (C=O) groups is 1. The lowest BCUT2D eigenvalue weighted by atomic mass is 10.2. The Balaban J connectivity index is 2.49. The number of furan rings is 1. The number of rotatable bonds is 2. The smallest absolute Gasteiger partial charge is 0.178 e. The zero-order valence-corrected chi connectivity index (χ0v) is 9.56. The number of aldehydes is 1. The van der Waals surface area contributed by atoms with Crippen molar-refractivity contribution in [2.75, 3.05) is 7.11 Å². The maximum atomic E-state index is 10.9. The number of methoxy groups -OCH3 is 1. The van der Waals surface area contributed by atoms with E-state index in [0.717, 1.165) is 17.2 Å². The van der Waals surface area contributed by atoms with Crippen LogP contribution in [0, 0.1) is 0 Å². The SMILES string of the molecule is COc1cccc2c1oc1cc(C=O)n(C)c12. The van der Waals surface area contributed by atoms with Crippen molar-refractivity contribution in [1.82, 2.24) is 4.57 Å². The van der Waals surface area contributed by atoms with Crippen molar-refractivity contribution in [2.24, 2.45) is 7.05 Å². The van der Waals surface area contributed by atoms with Gasteiger partial charge < -0.3 is 13.7 Å². The van der Waals surface area contributed by atoms with Crippen molar-refractivity contribution in [3.8, 4) is 5.75 Å². The Morgan fingerprint density at radius 1 is 1.41 bits per heavy atom. The average Bonchev–Trinajstić information content (AvgIpc) is 2.86. The van der Waals surface area contributed by atoms with Crippen molar-refractivity contribution in [2.45, 2.75) is 0 Å². The molecule has 3 rings (SSSR count). The van der Waals surface area contributed by atoms with Crippen LogP contribution in [0.3, 0.4) is 0 Å². The fraction of sp³-hybridized carbons (Fsp3) is 0.154. The molecule has 0 amide bonds. The Hall–Kier alpha value is -2.23. The number of nitrogens with zero attached hydrogens (tertiary/aromatic N) is 1. The van der Waals surface area contributed by atoms with Gasteiger partial charge in [0.1, 0.15) is 0 Å². The Morgan fingerprint density at radius 2 is 2.24 bits per heavy atom. The van der Waals surface area contributed by atoms with Gasteiger partial charge in [-0.1, -0.05) is 6.07 Å². The second-order valence-electron chi connectivity index (χ2n) is 3.90. The van der Waals surface area contributed by atoms with Crippen molar-refractivity contribution >= 4 is 28.4 Å². The summed E-state index contributed by atoms with van der Waals surface area (Å²) in [4.78, 5) is 10.9. The molecule has 0 atom stereocenters. The van der Waals surface area contributed by atoms with Crippen molar-refractivity contribution in [1.29, 1.82) is 0 Å². The van der Waals surface area contributed by atoms with Crippen LogP contribution in [0.15, 0.2) is 28.7 Å². The molecule has 86 valence electrons. The highest BCUT2D eigenvalue weighted by Crippen LogP contribution is 2.35. The fourth-order valence-corrected chi connectivity index (χ4v) is 2.18. The van der Waals surface area contributed by atoms with Crippen LogP contribution in [0.2, 0.25) is 0 Å². The molecule has 0 spiro atoms. The zero-order chi connectivity index (χ0) is 12.0. The highest BCUT2D eigenvalue weighted by Gasteiger charge is 2.15. The molecule has 0 aliphatic heterocycles. The van der Waals surface area contributed by atoms with Gasteiger partial charge in [-0.3, -0.25) is 4.79 Å². The summed E-state index contributed by atoms with van der Waals surface area (Å²) in [7, 11) is 3.46. The number of hydrogen-bond acceptors (Lipinski definition) is 3. The quantitative estimate of drug-likeness (QED) is 0.634. The molecule has 1 aromatic carbocycles. The lowest BCUT2D eigenvalue weighted by Crippen LogP contribution is -1.93. The van der Waals surface area contributed by atoms with E-state index in [0.29, 0.717) is 22.6 Å². The minimum absolute atomic E-state index is 0.600. The highest BCUT2D eigenvalue weighted by atomic mass is 16.5. The monoisotopic (exact) mass is 229 g/mol. The number of hydrogen-bond donors (Lipinski definition) is 0. The first-order valence-electron chi connectivity index (χ1n) is 5.26. The molecular weight excluding hydrogens is 218 g/mol. The topological polar surface area (TPSA) is 44.4 Å². The molecule has 4 nitrogen and oxygen atoms in total. The van der Waals surface area contributed by atoms with Crippen LogP contribution in [0.5, 0.6) is 5.75 Å². The van der Waals surface area contributed by atoms with Gasteiger partial charge in [0.05, 0.1) is 18.3 Å². The zero-order valence-electron chi connectivity index (χ0n) is 9.56. The molecule has 2 heterocycles. The summed E-state index contributed by atoms with van der Waals surface area (Å²) in [5, 5.41) is 0.954. The minimum Gasteiger partial charge on any atom is -0.493 e. The molecular formula is C13H11NO3. The lowest BCUT2D eigenvalue weighted by Gasteiger charge is -2.00. The third kappa shape index (κ3) is 1.21. The molecule has 0 fully saturated rings. The van der Waals surface area contributed by atoms with Crippen LogP contribution in [-0.4, -0.2) is 18.0 Å². The number of aryl methyl sites for hydroxylation is 1. The molecule has 0 aliphatic carbocycles. The number of carbonyl (C=O) groups excluding carboxylic acids is 1. The molecule has 0 N–H and O–H groups in total. The molecule has 0 aliphatic rings. The Morgan fingerprint density at radius 3 is 2.94 bits per heavy atom.